The van der Waals surface area contributed by atoms with Crippen molar-refractivity contribution in [1.82, 2.24) is 9.38 Å². The maximum Gasteiger partial charge on any atom is 0.372 e. The van der Waals surface area contributed by atoms with Crippen molar-refractivity contribution in [3.05, 3.63) is 21.7 Å². The maximum atomic E-state index is 11.4. The van der Waals surface area contributed by atoms with Gasteiger partial charge in [-0.25, -0.2) is 0 Å². The van der Waals surface area contributed by atoms with Gasteiger partial charge in [0.15, 0.2) is 0 Å². The minimum absolute atomic E-state index is 0.0560. The fourth-order valence-corrected chi connectivity index (χ4v) is 4.02. The number of aromatic nitrogens is 2. The Balaban J connectivity index is 1.86. The Hall–Kier alpha value is -1.63. The first-order valence-corrected chi connectivity index (χ1v) is 8.45. The number of anilines is 1. The molecule has 0 aliphatic heterocycles. The smallest absolute Gasteiger partial charge is 0.360 e. The van der Waals surface area contributed by atoms with Gasteiger partial charge in [-0.2, -0.15) is 9.38 Å². The maximum absolute atomic E-state index is 11.4. The van der Waals surface area contributed by atoms with Gasteiger partial charge in [-0.15, -0.1) is 0 Å². The predicted molar refractivity (Wildman–Crippen MR) is 84.0 cm³/mol. The molecule has 0 spiro atoms. The highest BCUT2D eigenvalue weighted by atomic mass is 32.1. The number of imidazole rings is 1. The summed E-state index contributed by atoms with van der Waals surface area (Å²) in [5, 5.41) is 16.5. The molecule has 21 heavy (non-hydrogen) atoms. The number of hydrogen-bond donors (Lipinski definition) is 1. The number of thiazole rings is 1. The van der Waals surface area contributed by atoms with Gasteiger partial charge in [-0.05, 0) is 30.1 Å². The predicted octanol–water partition coefficient (Wildman–Crippen LogP) is 4.07. The summed E-state index contributed by atoms with van der Waals surface area (Å²) in [6, 6.07) is 0.272. The summed E-state index contributed by atoms with van der Waals surface area (Å²) in [6.45, 7) is 2.14. The third-order valence-electron chi connectivity index (χ3n) is 4.39. The van der Waals surface area contributed by atoms with Gasteiger partial charge in [-0.1, -0.05) is 37.5 Å². The van der Waals surface area contributed by atoms with Crippen LogP contribution in [0.25, 0.3) is 4.96 Å². The van der Waals surface area contributed by atoms with Crippen molar-refractivity contribution in [2.24, 2.45) is 5.92 Å². The molecule has 6 nitrogen and oxygen atoms in total. The molecule has 2 heterocycles. The van der Waals surface area contributed by atoms with Crippen LogP contribution in [0.15, 0.2) is 11.6 Å². The highest BCUT2D eigenvalue weighted by molar-refractivity contribution is 7.15. The van der Waals surface area contributed by atoms with E-state index in [2.05, 4.69) is 17.2 Å². The highest BCUT2D eigenvalue weighted by Crippen LogP contribution is 2.33. The molecule has 1 fully saturated rings. The number of fused-ring (bicyclic) bond motifs is 1. The third-order valence-corrected chi connectivity index (χ3v) is 5.15. The van der Waals surface area contributed by atoms with Gasteiger partial charge in [0, 0.05) is 11.4 Å². The van der Waals surface area contributed by atoms with E-state index in [1.807, 2.05) is 5.38 Å². The van der Waals surface area contributed by atoms with Crippen molar-refractivity contribution < 1.29 is 4.92 Å². The monoisotopic (exact) mass is 308 g/mol. The molecule has 0 amide bonds. The molecule has 1 aliphatic rings. The molecule has 0 radical (unpaired) electrons. The first-order chi connectivity index (χ1) is 10.2. The molecular formula is C14H20N4O2S. The van der Waals surface area contributed by atoms with Crippen LogP contribution in [-0.4, -0.2) is 20.3 Å². The second-order valence-corrected chi connectivity index (χ2v) is 6.53. The summed E-state index contributed by atoms with van der Waals surface area (Å²) in [5.41, 5.74) is 0. The molecule has 0 aromatic carbocycles. The normalized spacial score (nSPS) is 18.0. The van der Waals surface area contributed by atoms with Crippen LogP contribution in [0.4, 0.5) is 11.6 Å². The second-order valence-electron chi connectivity index (χ2n) is 5.65. The molecule has 114 valence electrons. The molecule has 0 saturated heterocycles. The number of hydrogen-bond acceptors (Lipinski definition) is 5. The van der Waals surface area contributed by atoms with Crippen molar-refractivity contribution >= 4 is 27.9 Å². The molecule has 1 saturated carbocycles. The van der Waals surface area contributed by atoms with Crippen LogP contribution in [0.2, 0.25) is 0 Å². The minimum atomic E-state index is -0.345. The van der Waals surface area contributed by atoms with E-state index in [0.29, 0.717) is 16.7 Å². The Bertz CT molecular complexity index is 630. The van der Waals surface area contributed by atoms with Gasteiger partial charge in [0.25, 0.3) is 4.96 Å². The topological polar surface area (TPSA) is 72.5 Å². The fraction of sp³-hybridized carbons (Fsp3) is 0.643. The number of rotatable bonds is 5. The Morgan fingerprint density at radius 2 is 2.29 bits per heavy atom. The Morgan fingerprint density at radius 1 is 1.52 bits per heavy atom. The van der Waals surface area contributed by atoms with Crippen LogP contribution in [-0.2, 0) is 0 Å². The average Bonchev–Trinajstić information content (AvgIpc) is 3.05. The van der Waals surface area contributed by atoms with Crippen LogP contribution in [0.3, 0.4) is 0 Å². The van der Waals surface area contributed by atoms with Gasteiger partial charge in [0.1, 0.15) is 6.20 Å². The van der Waals surface area contributed by atoms with Crippen LogP contribution in [0.1, 0.15) is 45.4 Å². The molecule has 7 heteroatoms. The second kappa shape index (κ2) is 6.01. The zero-order chi connectivity index (χ0) is 14.8. The summed E-state index contributed by atoms with van der Waals surface area (Å²) in [4.78, 5) is 16.1. The molecule has 2 aromatic heterocycles. The molecule has 0 bridgehead atoms. The molecule has 1 atom stereocenters. The Morgan fingerprint density at radius 3 is 2.95 bits per heavy atom. The molecular weight excluding hydrogens is 288 g/mol. The van der Waals surface area contributed by atoms with Crippen molar-refractivity contribution in [2.75, 3.05) is 5.32 Å². The minimum Gasteiger partial charge on any atom is -0.360 e. The van der Waals surface area contributed by atoms with Gasteiger partial charge < -0.3 is 15.4 Å². The van der Waals surface area contributed by atoms with Crippen molar-refractivity contribution in [3.8, 4) is 0 Å². The standard InChI is InChI=1S/C14H20N4O2S/c1-2-11(10-6-4-3-5-7-10)15-12-13(18(19)20)17-8-9-21-14(17)16-12/h8-11,15H,2-7H2,1H3. The molecule has 2 aromatic rings. The summed E-state index contributed by atoms with van der Waals surface area (Å²) < 4.78 is 1.56. The van der Waals surface area contributed by atoms with Crippen LogP contribution in [0.5, 0.6) is 0 Å². The quantitative estimate of drug-likeness (QED) is 0.667. The van der Waals surface area contributed by atoms with Crippen LogP contribution < -0.4 is 5.32 Å². The van der Waals surface area contributed by atoms with Gasteiger partial charge >= 0.3 is 5.82 Å². The van der Waals surface area contributed by atoms with Crippen molar-refractivity contribution in [1.29, 1.82) is 0 Å². The van der Waals surface area contributed by atoms with E-state index < -0.39 is 0 Å². The first kappa shape index (κ1) is 14.3. The number of nitrogens with zero attached hydrogens (tertiary/aromatic N) is 3. The van der Waals surface area contributed by atoms with Gasteiger partial charge in [0.05, 0.1) is 0 Å². The summed E-state index contributed by atoms with van der Waals surface area (Å²) in [7, 11) is 0. The van der Waals surface area contributed by atoms with Crippen molar-refractivity contribution in [2.45, 2.75) is 51.5 Å². The van der Waals surface area contributed by atoms with E-state index in [9.17, 15) is 10.1 Å². The summed E-state index contributed by atoms with van der Waals surface area (Å²) >= 11 is 1.42. The van der Waals surface area contributed by atoms with Crippen molar-refractivity contribution in [3.63, 3.8) is 0 Å². The van der Waals surface area contributed by atoms with E-state index in [1.54, 1.807) is 10.6 Å². The molecule has 3 rings (SSSR count). The van der Waals surface area contributed by atoms with Crippen LogP contribution >= 0.6 is 11.3 Å². The van der Waals surface area contributed by atoms with Crippen LogP contribution in [0, 0.1) is 16.0 Å². The molecule has 1 unspecified atom stereocenters. The van der Waals surface area contributed by atoms with E-state index >= 15 is 0 Å². The van der Waals surface area contributed by atoms with E-state index in [4.69, 9.17) is 0 Å². The number of nitrogens with one attached hydrogen (secondary N) is 1. The largest absolute Gasteiger partial charge is 0.372 e. The lowest BCUT2D eigenvalue weighted by Gasteiger charge is -2.30. The van der Waals surface area contributed by atoms with E-state index in [1.165, 1.54) is 43.4 Å². The zero-order valence-corrected chi connectivity index (χ0v) is 12.9. The zero-order valence-electron chi connectivity index (χ0n) is 12.1. The average molecular weight is 308 g/mol. The molecule has 1 N–H and O–H groups in total. The first-order valence-electron chi connectivity index (χ1n) is 7.57. The van der Waals surface area contributed by atoms with Gasteiger partial charge in [0.2, 0.25) is 5.82 Å². The Kier molecular flexibility index (Phi) is 4.10. The summed E-state index contributed by atoms with van der Waals surface area (Å²) in [5.74, 6) is 1.08. The molecule has 1 aliphatic carbocycles. The Labute approximate surface area is 127 Å². The van der Waals surface area contributed by atoms with Gasteiger partial charge in [-0.3, -0.25) is 0 Å². The van der Waals surface area contributed by atoms with E-state index in [0.717, 1.165) is 6.42 Å². The summed E-state index contributed by atoms with van der Waals surface area (Å²) in [6.07, 6.45) is 8.94. The lowest BCUT2D eigenvalue weighted by molar-refractivity contribution is -0.389. The fourth-order valence-electron chi connectivity index (χ4n) is 3.31. The SMILES string of the molecule is CCC(Nc1nc2sccn2c1[N+](=O)[O-])C1CCCCC1. The number of nitro groups is 1. The van der Waals surface area contributed by atoms with E-state index in [-0.39, 0.29) is 16.8 Å². The lowest BCUT2D eigenvalue weighted by atomic mass is 9.83. The third kappa shape index (κ3) is 2.74. The highest BCUT2D eigenvalue weighted by Gasteiger charge is 2.28. The lowest BCUT2D eigenvalue weighted by Crippen LogP contribution is -2.30.